The van der Waals surface area contributed by atoms with E-state index in [1.165, 1.54) is 0 Å². The van der Waals surface area contributed by atoms with E-state index < -0.39 is 0 Å². The number of aromatic nitrogens is 6. The van der Waals surface area contributed by atoms with Gasteiger partial charge in [0.1, 0.15) is 22.7 Å². The Morgan fingerprint density at radius 1 is 1.24 bits per heavy atom. The molecule has 0 aromatic carbocycles. The van der Waals surface area contributed by atoms with E-state index in [0.717, 1.165) is 51.6 Å². The fourth-order valence-electron chi connectivity index (χ4n) is 3.89. The van der Waals surface area contributed by atoms with Crippen LogP contribution in [0.5, 0.6) is 0 Å². The number of nitrogens with one attached hydrogen (secondary N) is 1. The number of fused-ring (bicyclic) bond motifs is 1. The monoisotopic (exact) mass is 389 g/mol. The quantitative estimate of drug-likeness (QED) is 0.580. The van der Waals surface area contributed by atoms with Crippen molar-refractivity contribution in [2.75, 3.05) is 24.7 Å². The van der Waals surface area contributed by atoms with Gasteiger partial charge in [-0.05, 0) is 32.0 Å². The molecule has 1 fully saturated rings. The normalized spacial score (nSPS) is 17.2. The van der Waals surface area contributed by atoms with Crippen LogP contribution >= 0.6 is 0 Å². The van der Waals surface area contributed by atoms with Gasteiger partial charge in [-0.15, -0.1) is 0 Å². The Kier molecular flexibility index (Phi) is 4.28. The third kappa shape index (κ3) is 3.05. The van der Waals surface area contributed by atoms with Gasteiger partial charge in [-0.25, -0.2) is 4.98 Å². The summed E-state index contributed by atoms with van der Waals surface area (Å²) < 4.78 is 7.51. The third-order valence-electron chi connectivity index (χ3n) is 5.40. The van der Waals surface area contributed by atoms with Gasteiger partial charge in [0, 0.05) is 42.8 Å². The van der Waals surface area contributed by atoms with Gasteiger partial charge in [0.2, 0.25) is 0 Å². The summed E-state index contributed by atoms with van der Waals surface area (Å²) in [5.74, 6) is 0.925. The minimum Gasteiger partial charge on any atom is -0.377 e. The zero-order valence-corrected chi connectivity index (χ0v) is 16.8. The van der Waals surface area contributed by atoms with E-state index in [0.29, 0.717) is 13.2 Å². The van der Waals surface area contributed by atoms with Gasteiger partial charge in [0.25, 0.3) is 0 Å². The van der Waals surface area contributed by atoms with Crippen molar-refractivity contribution in [2.24, 2.45) is 7.05 Å². The van der Waals surface area contributed by atoms with Gasteiger partial charge in [0.15, 0.2) is 0 Å². The summed E-state index contributed by atoms with van der Waals surface area (Å²) in [7, 11) is 1.95. The fourth-order valence-corrected chi connectivity index (χ4v) is 3.89. The number of morpholine rings is 1. The molecule has 0 unspecified atom stereocenters. The molecule has 0 saturated carbocycles. The van der Waals surface area contributed by atoms with Crippen molar-refractivity contribution in [2.45, 2.75) is 19.9 Å². The molecule has 4 aromatic heterocycles. The first-order valence-corrected chi connectivity index (χ1v) is 9.77. The summed E-state index contributed by atoms with van der Waals surface area (Å²) in [5, 5.41) is 12.0. The van der Waals surface area contributed by atoms with Crippen molar-refractivity contribution in [3.05, 3.63) is 42.4 Å². The maximum Gasteiger partial charge on any atom is 0.139 e. The second-order valence-corrected chi connectivity index (χ2v) is 7.46. The molecule has 4 aromatic rings. The van der Waals surface area contributed by atoms with Crippen LogP contribution in [-0.2, 0) is 11.8 Å². The summed E-state index contributed by atoms with van der Waals surface area (Å²) in [6.45, 7) is 6.36. The van der Waals surface area contributed by atoms with E-state index in [2.05, 4.69) is 39.1 Å². The van der Waals surface area contributed by atoms with Gasteiger partial charge in [-0.1, -0.05) is 6.07 Å². The van der Waals surface area contributed by atoms with E-state index >= 15 is 0 Å². The maximum atomic E-state index is 5.63. The lowest BCUT2D eigenvalue weighted by Gasteiger charge is -2.34. The van der Waals surface area contributed by atoms with Crippen LogP contribution in [0.25, 0.3) is 33.5 Å². The number of ether oxygens (including phenoxy) is 1. The van der Waals surface area contributed by atoms with Gasteiger partial charge in [-0.2, -0.15) is 10.2 Å². The van der Waals surface area contributed by atoms with Crippen LogP contribution in [0.3, 0.4) is 0 Å². The minimum atomic E-state index is 0.253. The SMILES string of the molecule is Cc1ccc(-c2cc(N3CCOC[C@H]3C)nc3c(-c4cc[nH]n4)nn(C)c23)cn1. The highest BCUT2D eigenvalue weighted by Crippen LogP contribution is 2.36. The van der Waals surface area contributed by atoms with Crippen LogP contribution < -0.4 is 4.90 Å². The van der Waals surface area contributed by atoms with Crippen LogP contribution in [0.1, 0.15) is 12.6 Å². The highest BCUT2D eigenvalue weighted by Gasteiger charge is 2.25. The first kappa shape index (κ1) is 17.8. The average molecular weight is 389 g/mol. The number of anilines is 1. The predicted molar refractivity (Wildman–Crippen MR) is 112 cm³/mol. The predicted octanol–water partition coefficient (Wildman–Crippen LogP) is 2.95. The third-order valence-corrected chi connectivity index (χ3v) is 5.40. The Morgan fingerprint density at radius 3 is 2.86 bits per heavy atom. The molecule has 1 N–H and O–H groups in total. The van der Waals surface area contributed by atoms with E-state index in [1.807, 2.05) is 37.0 Å². The molecule has 148 valence electrons. The molecule has 8 heteroatoms. The number of H-pyrrole nitrogens is 1. The number of rotatable bonds is 3. The smallest absolute Gasteiger partial charge is 0.139 e. The molecular weight excluding hydrogens is 366 g/mol. The highest BCUT2D eigenvalue weighted by molar-refractivity contribution is 6.00. The summed E-state index contributed by atoms with van der Waals surface area (Å²) >= 11 is 0. The number of pyridine rings is 2. The van der Waals surface area contributed by atoms with Crippen LogP contribution in [0.2, 0.25) is 0 Å². The molecule has 1 saturated heterocycles. The van der Waals surface area contributed by atoms with Gasteiger partial charge in [0.05, 0.1) is 24.8 Å². The topological polar surface area (TPSA) is 84.8 Å². The molecule has 0 amide bonds. The minimum absolute atomic E-state index is 0.253. The summed E-state index contributed by atoms with van der Waals surface area (Å²) in [6.07, 6.45) is 3.71. The Morgan fingerprint density at radius 2 is 2.14 bits per heavy atom. The van der Waals surface area contributed by atoms with Gasteiger partial charge >= 0.3 is 0 Å². The second kappa shape index (κ2) is 6.97. The molecule has 0 radical (unpaired) electrons. The van der Waals surface area contributed by atoms with Crippen molar-refractivity contribution in [1.82, 2.24) is 29.9 Å². The first-order chi connectivity index (χ1) is 14.1. The van der Waals surface area contributed by atoms with E-state index in [-0.39, 0.29) is 6.04 Å². The van der Waals surface area contributed by atoms with Crippen molar-refractivity contribution in [3.8, 4) is 22.5 Å². The fraction of sp³-hybridized carbons (Fsp3) is 0.333. The largest absolute Gasteiger partial charge is 0.377 e. The zero-order valence-electron chi connectivity index (χ0n) is 16.8. The number of aryl methyl sites for hydroxylation is 2. The average Bonchev–Trinajstić information content (AvgIpc) is 3.37. The van der Waals surface area contributed by atoms with Crippen LogP contribution in [0.4, 0.5) is 5.82 Å². The number of hydrogen-bond acceptors (Lipinski definition) is 6. The van der Waals surface area contributed by atoms with Gasteiger partial charge in [-0.3, -0.25) is 14.8 Å². The first-order valence-electron chi connectivity index (χ1n) is 9.77. The van der Waals surface area contributed by atoms with Crippen molar-refractivity contribution >= 4 is 16.9 Å². The number of hydrogen-bond donors (Lipinski definition) is 1. The van der Waals surface area contributed by atoms with Crippen molar-refractivity contribution in [1.29, 1.82) is 0 Å². The molecule has 1 atom stereocenters. The van der Waals surface area contributed by atoms with E-state index in [1.54, 1.807) is 6.20 Å². The lowest BCUT2D eigenvalue weighted by molar-refractivity contribution is 0.0986. The lowest BCUT2D eigenvalue weighted by atomic mass is 10.0. The molecular formula is C21H23N7O. The summed E-state index contributed by atoms with van der Waals surface area (Å²) in [5.41, 5.74) is 6.46. The van der Waals surface area contributed by atoms with E-state index in [9.17, 15) is 0 Å². The molecule has 0 spiro atoms. The van der Waals surface area contributed by atoms with Crippen LogP contribution in [0.15, 0.2) is 36.7 Å². The molecule has 5 heterocycles. The van der Waals surface area contributed by atoms with Crippen LogP contribution in [-0.4, -0.2) is 55.7 Å². The molecule has 8 nitrogen and oxygen atoms in total. The van der Waals surface area contributed by atoms with Crippen LogP contribution in [0, 0.1) is 6.92 Å². The highest BCUT2D eigenvalue weighted by atomic mass is 16.5. The summed E-state index contributed by atoms with van der Waals surface area (Å²) in [4.78, 5) is 11.8. The molecule has 29 heavy (non-hydrogen) atoms. The van der Waals surface area contributed by atoms with E-state index in [4.69, 9.17) is 14.8 Å². The Bertz CT molecular complexity index is 1150. The number of nitrogens with zero attached hydrogens (tertiary/aromatic N) is 6. The standard InChI is InChI=1S/C21H23N7O/c1-13-4-5-15(11-22-13)16-10-18(28-8-9-29-12-14(28)2)24-20-19(17-6-7-23-25-17)26-27(3)21(16)20/h4-7,10-11,14H,8-9,12H2,1-3H3,(H,23,25)/t14-/m1/s1. The second-order valence-electron chi connectivity index (χ2n) is 7.46. The molecule has 1 aliphatic rings. The summed E-state index contributed by atoms with van der Waals surface area (Å²) in [6, 6.07) is 8.45. The maximum absolute atomic E-state index is 5.63. The lowest BCUT2D eigenvalue weighted by Crippen LogP contribution is -2.44. The van der Waals surface area contributed by atoms with Crippen molar-refractivity contribution < 1.29 is 4.74 Å². The molecule has 5 rings (SSSR count). The van der Waals surface area contributed by atoms with Crippen molar-refractivity contribution in [3.63, 3.8) is 0 Å². The Hall–Kier alpha value is -3.26. The molecule has 0 aliphatic carbocycles. The number of aromatic amines is 1. The van der Waals surface area contributed by atoms with Gasteiger partial charge < -0.3 is 9.64 Å². The molecule has 1 aliphatic heterocycles. The zero-order chi connectivity index (χ0) is 20.0. The Labute approximate surface area is 168 Å². The molecule has 0 bridgehead atoms. The Balaban J connectivity index is 1.78.